The molecule has 200 valence electrons. The molecular weight excluding hydrogens is 517 g/mol. The molecule has 0 atom stereocenters. The molecule has 1 amide bonds. The number of carbonyl (C=O) groups excluding carboxylic acids is 1. The molecule has 4 rings (SSSR count). The van der Waals surface area contributed by atoms with Crippen molar-refractivity contribution in [2.24, 2.45) is 0 Å². The summed E-state index contributed by atoms with van der Waals surface area (Å²) in [6.07, 6.45) is 8.04. The van der Waals surface area contributed by atoms with Gasteiger partial charge in [-0.05, 0) is 49.8 Å². The lowest BCUT2D eigenvalue weighted by atomic mass is 10.0. The second kappa shape index (κ2) is 12.2. The average Bonchev–Trinajstić information content (AvgIpc) is 3.33. The molecule has 11 heteroatoms. The summed E-state index contributed by atoms with van der Waals surface area (Å²) < 4.78 is 30.7. The molecule has 0 radical (unpaired) electrons. The van der Waals surface area contributed by atoms with E-state index in [9.17, 15) is 14.6 Å². The number of carbonyl (C=O) groups is 1. The topological polar surface area (TPSA) is 120 Å². The number of hydrogen-bond donors (Lipinski definition) is 0. The molecule has 0 aliphatic rings. The molecule has 39 heavy (non-hydrogen) atoms. The minimum absolute atomic E-state index is 0.135. The second-order valence-corrected chi connectivity index (χ2v) is 10.0. The molecule has 0 unspecified atom stereocenters. The van der Waals surface area contributed by atoms with Gasteiger partial charge in [-0.1, -0.05) is 18.7 Å². The van der Waals surface area contributed by atoms with Crippen LogP contribution in [0.5, 0.6) is 0 Å². The Morgan fingerprint density at radius 3 is 2.54 bits per heavy atom. The van der Waals surface area contributed by atoms with E-state index in [0.717, 1.165) is 27.6 Å². The van der Waals surface area contributed by atoms with Crippen LogP contribution in [0, 0.1) is 11.3 Å². The normalized spacial score (nSPS) is 11.3. The molecule has 3 aromatic heterocycles. The Kier molecular flexibility index (Phi) is 8.69. The van der Waals surface area contributed by atoms with Crippen molar-refractivity contribution in [2.75, 3.05) is 25.2 Å². The summed E-state index contributed by atoms with van der Waals surface area (Å²) >= 11 is 0. The fraction of sp³-hybridized carbons (Fsp3) is 0.214. The molecule has 0 bridgehead atoms. The van der Waals surface area contributed by atoms with Crippen LogP contribution in [0.2, 0.25) is 0 Å². The first kappa shape index (κ1) is 27.9. The number of hydrogen-bond acceptors (Lipinski definition) is 8. The number of fused-ring (bicyclic) bond motifs is 1. The van der Waals surface area contributed by atoms with Crippen molar-refractivity contribution in [3.8, 4) is 28.3 Å². The molecule has 0 spiro atoms. The molecule has 0 aliphatic carbocycles. The number of phosphoric acid groups is 1. The molecule has 0 aliphatic heterocycles. The Labute approximate surface area is 226 Å². The van der Waals surface area contributed by atoms with E-state index in [2.05, 4.69) is 22.6 Å². The Balaban J connectivity index is 1.81. The summed E-state index contributed by atoms with van der Waals surface area (Å²) in [5, 5.41) is 10.2. The van der Waals surface area contributed by atoms with E-state index in [4.69, 9.17) is 13.6 Å². The molecule has 0 saturated heterocycles. The van der Waals surface area contributed by atoms with Gasteiger partial charge in [0.2, 0.25) is 5.91 Å². The van der Waals surface area contributed by atoms with Crippen LogP contribution in [0.1, 0.15) is 19.4 Å². The highest BCUT2D eigenvalue weighted by molar-refractivity contribution is 7.48. The Bertz CT molecular complexity index is 1600. The number of aromatic nitrogens is 3. The third kappa shape index (κ3) is 6.14. The number of benzene rings is 1. The third-order valence-electron chi connectivity index (χ3n) is 5.90. The number of pyridine rings is 2. The lowest BCUT2D eigenvalue weighted by Gasteiger charge is -2.17. The maximum Gasteiger partial charge on any atom is 0.476 e. The van der Waals surface area contributed by atoms with E-state index < -0.39 is 7.82 Å². The van der Waals surface area contributed by atoms with Gasteiger partial charge in [-0.3, -0.25) is 23.3 Å². The number of nitrogens with zero attached hydrogens (tertiary/aromatic N) is 5. The molecule has 3 heterocycles. The van der Waals surface area contributed by atoms with Crippen LogP contribution >= 0.6 is 7.82 Å². The third-order valence-corrected chi connectivity index (χ3v) is 7.48. The van der Waals surface area contributed by atoms with Crippen LogP contribution in [-0.4, -0.2) is 40.7 Å². The Hall–Kier alpha value is -4.13. The van der Waals surface area contributed by atoms with E-state index >= 15 is 0 Å². The largest absolute Gasteiger partial charge is 0.476 e. The van der Waals surface area contributed by atoms with Gasteiger partial charge in [-0.15, -0.1) is 0 Å². The maximum absolute atomic E-state index is 12.9. The molecule has 4 aromatic rings. The zero-order chi connectivity index (χ0) is 28.0. The van der Waals surface area contributed by atoms with E-state index in [0.29, 0.717) is 16.9 Å². The molecule has 0 fully saturated rings. The number of likely N-dealkylation sites (N-methyl/N-ethyl adjacent to an activating group) is 1. The van der Waals surface area contributed by atoms with Crippen LogP contribution < -0.4 is 4.90 Å². The van der Waals surface area contributed by atoms with E-state index in [1.54, 1.807) is 56.2 Å². The van der Waals surface area contributed by atoms with Crippen molar-refractivity contribution in [2.45, 2.75) is 20.6 Å². The minimum Gasteiger partial charge on any atom is -0.310 e. The summed E-state index contributed by atoms with van der Waals surface area (Å²) in [4.78, 5) is 22.5. The number of rotatable bonds is 11. The molecule has 10 nitrogen and oxygen atoms in total. The predicted octanol–water partition coefficient (Wildman–Crippen LogP) is 5.94. The van der Waals surface area contributed by atoms with E-state index in [1.165, 1.54) is 11.0 Å². The number of phosphoric ester groups is 1. The van der Waals surface area contributed by atoms with Gasteiger partial charge in [0.15, 0.2) is 0 Å². The van der Waals surface area contributed by atoms with E-state index in [-0.39, 0.29) is 25.9 Å². The fourth-order valence-electron chi connectivity index (χ4n) is 4.01. The van der Waals surface area contributed by atoms with Crippen molar-refractivity contribution in [1.29, 1.82) is 5.26 Å². The highest BCUT2D eigenvalue weighted by Gasteiger charge is 2.26. The van der Waals surface area contributed by atoms with Crippen LogP contribution in [0.3, 0.4) is 0 Å². The lowest BCUT2D eigenvalue weighted by Crippen LogP contribution is -2.23. The van der Waals surface area contributed by atoms with Gasteiger partial charge >= 0.3 is 7.82 Å². The maximum atomic E-state index is 12.9. The van der Waals surface area contributed by atoms with Gasteiger partial charge in [-0.2, -0.15) is 5.26 Å². The fourth-order valence-corrected chi connectivity index (χ4v) is 5.13. The first-order valence-corrected chi connectivity index (χ1v) is 13.7. The van der Waals surface area contributed by atoms with Gasteiger partial charge < -0.3 is 9.47 Å². The molecule has 0 N–H and O–H groups in total. The van der Waals surface area contributed by atoms with Crippen LogP contribution in [0.25, 0.3) is 33.3 Å². The van der Waals surface area contributed by atoms with Gasteiger partial charge in [-0.25, -0.2) is 9.55 Å². The standard InChI is InChI=1S/C28H28N5O5P/c1-5-27(34)32(4)24-12-22(15-30-17-24)23-13-25-26(21-10-8-9-20(11-21)14-29)18-33(28(25)31-16-23)19-38-39(35,36-6-2)37-7-3/h5,8-13,15-18H,1,6-7,19H2,2-4H3. The molecule has 1 aromatic carbocycles. The van der Waals surface area contributed by atoms with Crippen molar-refractivity contribution >= 4 is 30.5 Å². The summed E-state index contributed by atoms with van der Waals surface area (Å²) in [6.45, 7) is 7.15. The van der Waals surface area contributed by atoms with Crippen LogP contribution in [0.15, 0.2) is 73.8 Å². The van der Waals surface area contributed by atoms with Crippen LogP contribution in [0.4, 0.5) is 5.69 Å². The van der Waals surface area contributed by atoms with Gasteiger partial charge in [0.1, 0.15) is 12.4 Å². The van der Waals surface area contributed by atoms with Crippen LogP contribution in [-0.2, 0) is 29.7 Å². The average molecular weight is 546 g/mol. The minimum atomic E-state index is -3.76. The monoisotopic (exact) mass is 545 g/mol. The van der Waals surface area contributed by atoms with E-state index in [1.807, 2.05) is 30.5 Å². The quantitative estimate of drug-likeness (QED) is 0.168. The molecule has 0 saturated carbocycles. The zero-order valence-corrected chi connectivity index (χ0v) is 22.8. The summed E-state index contributed by atoms with van der Waals surface area (Å²) in [7, 11) is -2.11. The lowest BCUT2D eigenvalue weighted by molar-refractivity contribution is -0.113. The Morgan fingerprint density at radius 2 is 1.85 bits per heavy atom. The SMILES string of the molecule is C=CC(=O)N(C)c1cncc(-c2cnc3c(c2)c(-c2cccc(C#N)c2)cn3COP(=O)(OCC)OCC)c1. The number of amides is 1. The highest BCUT2D eigenvalue weighted by atomic mass is 31.2. The van der Waals surface area contributed by atoms with Crippen molar-refractivity contribution in [3.05, 3.63) is 79.4 Å². The summed E-state index contributed by atoms with van der Waals surface area (Å²) in [5.74, 6) is -0.254. The van der Waals surface area contributed by atoms with Gasteiger partial charge in [0.25, 0.3) is 0 Å². The first-order valence-electron chi connectivity index (χ1n) is 12.2. The molecular formula is C28H28N5O5P. The summed E-state index contributed by atoms with van der Waals surface area (Å²) in [5.41, 5.74) is 4.80. The summed E-state index contributed by atoms with van der Waals surface area (Å²) in [6, 6.07) is 13.2. The van der Waals surface area contributed by atoms with Crippen molar-refractivity contribution < 1.29 is 22.9 Å². The van der Waals surface area contributed by atoms with Crippen molar-refractivity contribution in [1.82, 2.24) is 14.5 Å². The van der Waals surface area contributed by atoms with Gasteiger partial charge in [0, 0.05) is 47.7 Å². The van der Waals surface area contributed by atoms with Gasteiger partial charge in [0.05, 0.1) is 36.7 Å². The highest BCUT2D eigenvalue weighted by Crippen LogP contribution is 2.49. The number of nitriles is 1. The first-order chi connectivity index (χ1) is 18.8. The van der Waals surface area contributed by atoms with Crippen molar-refractivity contribution in [3.63, 3.8) is 0 Å². The second-order valence-electron chi connectivity index (χ2n) is 8.37. The number of anilines is 1. The zero-order valence-electron chi connectivity index (χ0n) is 21.9. The Morgan fingerprint density at radius 1 is 1.10 bits per heavy atom. The smallest absolute Gasteiger partial charge is 0.310 e. The predicted molar refractivity (Wildman–Crippen MR) is 149 cm³/mol.